The van der Waals surface area contributed by atoms with Crippen molar-refractivity contribution in [1.82, 2.24) is 9.62 Å². The Morgan fingerprint density at radius 1 is 1.30 bits per heavy atom. The van der Waals surface area contributed by atoms with Crippen LogP contribution in [0.25, 0.3) is 0 Å². The molecule has 1 amide bonds. The zero-order valence-corrected chi connectivity index (χ0v) is 16.2. The fourth-order valence-electron chi connectivity index (χ4n) is 3.24. The van der Waals surface area contributed by atoms with Gasteiger partial charge in [0.15, 0.2) is 0 Å². The lowest BCUT2D eigenvalue weighted by atomic mass is 9.94. The van der Waals surface area contributed by atoms with Gasteiger partial charge in [0.2, 0.25) is 15.9 Å². The van der Waals surface area contributed by atoms with Gasteiger partial charge in [-0.2, -0.15) is 13.2 Å². The molecule has 2 unspecified atom stereocenters. The van der Waals surface area contributed by atoms with Crippen LogP contribution in [0.1, 0.15) is 43.2 Å². The van der Waals surface area contributed by atoms with Crippen LogP contribution >= 0.6 is 0 Å². The highest BCUT2D eigenvalue weighted by molar-refractivity contribution is 7.88. The van der Waals surface area contributed by atoms with Crippen molar-refractivity contribution in [2.24, 2.45) is 5.92 Å². The van der Waals surface area contributed by atoms with E-state index in [0.29, 0.717) is 25.2 Å². The van der Waals surface area contributed by atoms with Gasteiger partial charge in [0.05, 0.1) is 11.8 Å². The van der Waals surface area contributed by atoms with Gasteiger partial charge in [-0.05, 0) is 42.4 Å². The normalized spacial score (nSPS) is 19.7. The number of likely N-dealkylation sites (tertiary alicyclic amines) is 1. The molecule has 0 spiro atoms. The van der Waals surface area contributed by atoms with E-state index < -0.39 is 21.8 Å². The molecule has 1 aliphatic rings. The van der Waals surface area contributed by atoms with Crippen molar-refractivity contribution in [1.29, 1.82) is 0 Å². The summed E-state index contributed by atoms with van der Waals surface area (Å²) in [5, 5.41) is 0. The molecule has 1 saturated heterocycles. The second-order valence-corrected chi connectivity index (χ2v) is 9.03. The molecule has 0 saturated carbocycles. The number of rotatable bonds is 6. The number of sulfonamides is 1. The summed E-state index contributed by atoms with van der Waals surface area (Å²) in [5.41, 5.74) is -0.0225. The van der Waals surface area contributed by atoms with Crippen LogP contribution in [-0.2, 0) is 21.0 Å². The predicted molar refractivity (Wildman–Crippen MR) is 96.6 cm³/mol. The molecule has 9 heteroatoms. The van der Waals surface area contributed by atoms with Gasteiger partial charge >= 0.3 is 6.18 Å². The fourth-order valence-corrected chi connectivity index (χ4v) is 3.78. The number of hydrogen-bond acceptors (Lipinski definition) is 3. The first-order valence-corrected chi connectivity index (χ1v) is 10.7. The van der Waals surface area contributed by atoms with Gasteiger partial charge in [-0.1, -0.05) is 19.1 Å². The van der Waals surface area contributed by atoms with E-state index in [9.17, 15) is 26.4 Å². The molecule has 0 radical (unpaired) electrons. The maximum atomic E-state index is 12.6. The van der Waals surface area contributed by atoms with Crippen LogP contribution < -0.4 is 4.72 Å². The Balaban J connectivity index is 1.91. The van der Waals surface area contributed by atoms with E-state index in [1.807, 2.05) is 6.92 Å². The second-order valence-electron chi connectivity index (χ2n) is 7.19. The Morgan fingerprint density at radius 3 is 2.48 bits per heavy atom. The summed E-state index contributed by atoms with van der Waals surface area (Å²) in [6.45, 7) is 3.22. The Hall–Kier alpha value is -1.61. The number of nitrogens with zero attached hydrogens (tertiary/aromatic N) is 1. The Kier molecular flexibility index (Phi) is 6.91. The first kappa shape index (κ1) is 21.7. The van der Waals surface area contributed by atoms with E-state index in [2.05, 4.69) is 4.72 Å². The van der Waals surface area contributed by atoms with Crippen molar-refractivity contribution in [3.63, 3.8) is 0 Å². The zero-order valence-electron chi connectivity index (χ0n) is 15.4. The molecule has 1 aromatic rings. The van der Waals surface area contributed by atoms with E-state index in [-0.39, 0.29) is 24.2 Å². The van der Waals surface area contributed by atoms with Crippen LogP contribution in [0.3, 0.4) is 0 Å². The first-order chi connectivity index (χ1) is 12.5. The van der Waals surface area contributed by atoms with Crippen molar-refractivity contribution in [3.8, 4) is 0 Å². The van der Waals surface area contributed by atoms with E-state index >= 15 is 0 Å². The van der Waals surface area contributed by atoms with Crippen molar-refractivity contribution in [2.75, 3.05) is 25.9 Å². The molecule has 1 aliphatic heterocycles. The lowest BCUT2D eigenvalue weighted by molar-refractivity contribution is -0.137. The van der Waals surface area contributed by atoms with Crippen molar-refractivity contribution < 1.29 is 26.4 Å². The molecule has 1 N–H and O–H groups in total. The van der Waals surface area contributed by atoms with E-state index in [0.717, 1.165) is 31.2 Å². The lowest BCUT2D eigenvalue weighted by Gasteiger charge is -2.33. The van der Waals surface area contributed by atoms with Crippen molar-refractivity contribution in [3.05, 3.63) is 35.4 Å². The number of amides is 1. The Morgan fingerprint density at radius 2 is 1.93 bits per heavy atom. The molecule has 1 fully saturated rings. The van der Waals surface area contributed by atoms with Crippen LogP contribution in [0.5, 0.6) is 0 Å². The monoisotopic (exact) mass is 406 g/mol. The molecule has 1 heterocycles. The van der Waals surface area contributed by atoms with Gasteiger partial charge in [-0.3, -0.25) is 4.79 Å². The van der Waals surface area contributed by atoms with Gasteiger partial charge in [-0.15, -0.1) is 0 Å². The van der Waals surface area contributed by atoms with Gasteiger partial charge in [0.1, 0.15) is 0 Å². The molecular weight excluding hydrogens is 381 g/mol. The highest BCUT2D eigenvalue weighted by Crippen LogP contribution is 2.31. The summed E-state index contributed by atoms with van der Waals surface area (Å²) < 4.78 is 62.8. The molecule has 0 aromatic heterocycles. The first-order valence-electron chi connectivity index (χ1n) is 8.85. The molecule has 0 aliphatic carbocycles. The quantitative estimate of drug-likeness (QED) is 0.790. The summed E-state index contributed by atoms with van der Waals surface area (Å²) in [7, 11) is -3.26. The Labute approximate surface area is 158 Å². The van der Waals surface area contributed by atoms with E-state index in [1.54, 1.807) is 4.90 Å². The van der Waals surface area contributed by atoms with Gasteiger partial charge in [0.25, 0.3) is 0 Å². The largest absolute Gasteiger partial charge is 0.416 e. The number of halogens is 3. The average molecular weight is 406 g/mol. The maximum absolute atomic E-state index is 12.6. The topological polar surface area (TPSA) is 66.5 Å². The van der Waals surface area contributed by atoms with Crippen LogP contribution in [0.4, 0.5) is 13.2 Å². The molecule has 152 valence electrons. The third-order valence-electron chi connectivity index (χ3n) is 4.79. The molecule has 1 aromatic carbocycles. The maximum Gasteiger partial charge on any atom is 0.416 e. The summed E-state index contributed by atoms with van der Waals surface area (Å²) in [4.78, 5) is 14.3. The van der Waals surface area contributed by atoms with Gasteiger partial charge in [-0.25, -0.2) is 13.1 Å². The zero-order chi connectivity index (χ0) is 20.2. The van der Waals surface area contributed by atoms with E-state index in [4.69, 9.17) is 0 Å². The number of nitrogens with one attached hydrogen (secondary N) is 1. The van der Waals surface area contributed by atoms with Gasteiger partial charge in [0, 0.05) is 26.1 Å². The number of alkyl halides is 3. The minimum Gasteiger partial charge on any atom is -0.342 e. The Bertz CT molecular complexity index is 748. The lowest BCUT2D eigenvalue weighted by Crippen LogP contribution is -2.43. The smallest absolute Gasteiger partial charge is 0.342 e. The summed E-state index contributed by atoms with van der Waals surface area (Å²) in [5.74, 6) is -0.195. The van der Waals surface area contributed by atoms with Crippen molar-refractivity contribution in [2.45, 2.75) is 38.3 Å². The standard InChI is InChI=1S/C18H25F3N2O3S/c1-13(15-5-7-16(8-6-15)18(19,20)21)10-17(24)23-9-3-4-14(12-23)11-22-27(2,25)26/h5-8,13-14,22H,3-4,9-12H2,1-2H3. The minimum atomic E-state index is -4.37. The average Bonchev–Trinajstić information content (AvgIpc) is 2.59. The molecule has 5 nitrogen and oxygen atoms in total. The van der Waals surface area contributed by atoms with Crippen LogP contribution in [-0.4, -0.2) is 45.1 Å². The second kappa shape index (κ2) is 8.60. The number of carbonyl (C=O) groups excluding carboxylic acids is 1. The van der Waals surface area contributed by atoms with Crippen LogP contribution in [0.15, 0.2) is 24.3 Å². The minimum absolute atomic E-state index is 0.0635. The van der Waals surface area contributed by atoms with Crippen LogP contribution in [0, 0.1) is 5.92 Å². The molecule has 2 rings (SSSR count). The molecule has 2 atom stereocenters. The predicted octanol–water partition coefficient (Wildman–Crippen LogP) is 2.99. The number of hydrogen-bond donors (Lipinski definition) is 1. The third kappa shape index (κ3) is 6.80. The number of benzene rings is 1. The third-order valence-corrected chi connectivity index (χ3v) is 5.48. The molecular formula is C18H25F3N2O3S. The number of carbonyl (C=O) groups is 1. The highest BCUT2D eigenvalue weighted by Gasteiger charge is 2.30. The highest BCUT2D eigenvalue weighted by atomic mass is 32.2. The summed E-state index contributed by atoms with van der Waals surface area (Å²) in [6.07, 6.45) is -1.42. The summed E-state index contributed by atoms with van der Waals surface area (Å²) in [6, 6.07) is 4.89. The van der Waals surface area contributed by atoms with E-state index in [1.165, 1.54) is 12.1 Å². The summed E-state index contributed by atoms with van der Waals surface area (Å²) >= 11 is 0. The SMILES string of the molecule is CC(CC(=O)N1CCCC(CNS(C)(=O)=O)C1)c1ccc(C(F)(F)F)cc1. The van der Waals surface area contributed by atoms with Crippen LogP contribution in [0.2, 0.25) is 0 Å². The molecule has 27 heavy (non-hydrogen) atoms. The van der Waals surface area contributed by atoms with Gasteiger partial charge < -0.3 is 4.90 Å². The molecule has 0 bridgehead atoms. The number of piperidine rings is 1. The van der Waals surface area contributed by atoms with Crippen molar-refractivity contribution >= 4 is 15.9 Å². The fraction of sp³-hybridized carbons (Fsp3) is 0.611.